The second-order valence-electron chi connectivity index (χ2n) is 6.13. The van der Waals surface area contributed by atoms with Crippen molar-refractivity contribution in [2.24, 2.45) is 18.7 Å². The van der Waals surface area contributed by atoms with Gasteiger partial charge in [0.2, 0.25) is 5.69 Å². The molecule has 1 atom stereocenters. The van der Waals surface area contributed by atoms with Crippen LogP contribution in [0.3, 0.4) is 0 Å². The topological polar surface area (TPSA) is 133 Å². The van der Waals surface area contributed by atoms with Crippen LogP contribution in [-0.4, -0.2) is 26.5 Å². The fraction of sp³-hybridized carbons (Fsp3) is 0.400. The number of carbonyl (C=O) groups is 2. The highest BCUT2D eigenvalue weighted by Gasteiger charge is 2.30. The molecule has 2 heterocycles. The van der Waals surface area contributed by atoms with Gasteiger partial charge in [0.15, 0.2) is 0 Å². The van der Waals surface area contributed by atoms with Crippen LogP contribution >= 0.6 is 11.3 Å². The first kappa shape index (κ1) is 17.1. The van der Waals surface area contributed by atoms with Crippen LogP contribution in [0.1, 0.15) is 44.6 Å². The van der Waals surface area contributed by atoms with Crippen molar-refractivity contribution in [1.82, 2.24) is 9.78 Å². The van der Waals surface area contributed by atoms with E-state index < -0.39 is 22.4 Å². The molecule has 3 N–H and O–H groups in total. The van der Waals surface area contributed by atoms with Gasteiger partial charge in [-0.1, -0.05) is 6.92 Å². The number of primary amides is 1. The summed E-state index contributed by atoms with van der Waals surface area (Å²) in [5.74, 6) is -0.809. The Morgan fingerprint density at radius 1 is 1.52 bits per heavy atom. The maximum absolute atomic E-state index is 12.6. The molecule has 25 heavy (non-hydrogen) atoms. The van der Waals surface area contributed by atoms with Crippen LogP contribution < -0.4 is 11.1 Å². The first-order valence-electron chi connectivity index (χ1n) is 7.71. The van der Waals surface area contributed by atoms with Gasteiger partial charge in [0, 0.05) is 11.9 Å². The third kappa shape index (κ3) is 3.00. The van der Waals surface area contributed by atoms with Crippen molar-refractivity contribution in [3.05, 3.63) is 38.0 Å². The van der Waals surface area contributed by atoms with E-state index in [0.717, 1.165) is 40.6 Å². The molecule has 2 aromatic heterocycles. The number of aryl methyl sites for hydroxylation is 1. The van der Waals surface area contributed by atoms with Crippen LogP contribution in [0.25, 0.3) is 0 Å². The molecule has 0 saturated carbocycles. The summed E-state index contributed by atoms with van der Waals surface area (Å²) in [6, 6.07) is 0. The van der Waals surface area contributed by atoms with E-state index in [1.54, 1.807) is 0 Å². The lowest BCUT2D eigenvalue weighted by molar-refractivity contribution is -0.385. The molecule has 10 heteroatoms. The Bertz CT molecular complexity index is 885. The van der Waals surface area contributed by atoms with Gasteiger partial charge < -0.3 is 11.1 Å². The van der Waals surface area contributed by atoms with E-state index in [2.05, 4.69) is 17.3 Å². The Labute approximate surface area is 147 Å². The summed E-state index contributed by atoms with van der Waals surface area (Å²) in [5, 5.41) is 17.8. The Hall–Kier alpha value is -2.75. The molecule has 0 saturated heterocycles. The zero-order valence-corrected chi connectivity index (χ0v) is 14.6. The molecule has 0 radical (unpaired) electrons. The number of nitrogens with one attached hydrogen (secondary N) is 1. The Morgan fingerprint density at radius 3 is 2.88 bits per heavy atom. The van der Waals surface area contributed by atoms with Gasteiger partial charge in [-0.2, -0.15) is 5.10 Å². The van der Waals surface area contributed by atoms with Gasteiger partial charge in [-0.15, -0.1) is 11.3 Å². The molecule has 0 aromatic carbocycles. The smallest absolute Gasteiger partial charge is 0.320 e. The molecular formula is C15H17N5O4S. The first-order valence-corrected chi connectivity index (χ1v) is 8.53. The van der Waals surface area contributed by atoms with E-state index in [9.17, 15) is 19.7 Å². The lowest BCUT2D eigenvalue weighted by Crippen LogP contribution is -2.21. The van der Waals surface area contributed by atoms with Crippen LogP contribution in [0.5, 0.6) is 0 Å². The van der Waals surface area contributed by atoms with Crippen molar-refractivity contribution in [2.45, 2.75) is 26.2 Å². The number of hydrogen-bond donors (Lipinski definition) is 2. The van der Waals surface area contributed by atoms with Crippen molar-refractivity contribution in [1.29, 1.82) is 0 Å². The highest BCUT2D eigenvalue weighted by molar-refractivity contribution is 7.17. The second kappa shape index (κ2) is 6.28. The average Bonchev–Trinajstić information content (AvgIpc) is 3.06. The van der Waals surface area contributed by atoms with Crippen molar-refractivity contribution in [2.75, 3.05) is 5.32 Å². The highest BCUT2D eigenvalue weighted by atomic mass is 32.1. The molecule has 9 nitrogen and oxygen atoms in total. The zero-order chi connectivity index (χ0) is 18.3. The van der Waals surface area contributed by atoms with Crippen LogP contribution in [0, 0.1) is 16.0 Å². The molecule has 2 amide bonds. The van der Waals surface area contributed by atoms with Gasteiger partial charge >= 0.3 is 5.69 Å². The number of nitrogens with two attached hydrogens (primary N) is 1. The monoisotopic (exact) mass is 363 g/mol. The largest absolute Gasteiger partial charge is 0.365 e. The Morgan fingerprint density at radius 2 is 2.24 bits per heavy atom. The molecule has 3 rings (SSSR count). The maximum Gasteiger partial charge on any atom is 0.320 e. The Balaban J connectivity index is 1.99. The summed E-state index contributed by atoms with van der Waals surface area (Å²) in [7, 11) is 1.44. The number of fused-ring (bicyclic) bond motifs is 1. The maximum atomic E-state index is 12.6. The minimum atomic E-state index is -0.694. The van der Waals surface area contributed by atoms with E-state index >= 15 is 0 Å². The number of nitrogens with zero attached hydrogens (tertiary/aromatic N) is 3. The van der Waals surface area contributed by atoms with Gasteiger partial charge in [-0.3, -0.25) is 24.4 Å². The SMILES string of the molecule is C[C@H]1CCc2c(sc(NC(=O)c3c([N+](=O)[O-])cnn3C)c2C(N)=O)C1. The van der Waals surface area contributed by atoms with Crippen LogP contribution in [-0.2, 0) is 19.9 Å². The van der Waals surface area contributed by atoms with Crippen LogP contribution in [0.4, 0.5) is 10.7 Å². The summed E-state index contributed by atoms with van der Waals surface area (Å²) >= 11 is 1.31. The molecule has 1 aliphatic rings. The molecule has 2 aromatic rings. The number of rotatable bonds is 4. The molecule has 0 spiro atoms. The number of amides is 2. The van der Waals surface area contributed by atoms with Gasteiger partial charge in [-0.05, 0) is 30.7 Å². The molecular weight excluding hydrogens is 346 g/mol. The molecule has 0 aliphatic heterocycles. The second-order valence-corrected chi connectivity index (χ2v) is 7.24. The van der Waals surface area contributed by atoms with Gasteiger partial charge in [-0.25, -0.2) is 0 Å². The summed E-state index contributed by atoms with van der Waals surface area (Å²) in [6.45, 7) is 2.13. The molecule has 1 aliphatic carbocycles. The van der Waals surface area contributed by atoms with E-state index in [1.165, 1.54) is 18.4 Å². The molecule has 0 fully saturated rings. The van der Waals surface area contributed by atoms with Crippen molar-refractivity contribution in [3.8, 4) is 0 Å². The lowest BCUT2D eigenvalue weighted by atomic mass is 9.88. The predicted octanol–water partition coefficient (Wildman–Crippen LogP) is 1.87. The normalized spacial score (nSPS) is 16.3. The standard InChI is InChI=1S/C15H17N5O4S/c1-7-3-4-8-10(5-7)25-15(11(8)13(16)21)18-14(22)12-9(20(23)24)6-17-19(12)2/h6-7H,3-5H2,1-2H3,(H2,16,21)(H,18,22)/t7-/m0/s1. The predicted molar refractivity (Wildman–Crippen MR) is 91.8 cm³/mol. The summed E-state index contributed by atoms with van der Waals surface area (Å²) < 4.78 is 1.13. The fourth-order valence-electron chi connectivity index (χ4n) is 3.08. The number of hydrogen-bond acceptors (Lipinski definition) is 6. The number of nitro groups is 1. The van der Waals surface area contributed by atoms with E-state index in [-0.39, 0.29) is 5.69 Å². The molecule has 0 bridgehead atoms. The van der Waals surface area contributed by atoms with E-state index in [1.807, 2.05) is 0 Å². The Kier molecular flexibility index (Phi) is 4.29. The number of thiophene rings is 1. The van der Waals surface area contributed by atoms with Gasteiger partial charge in [0.1, 0.15) is 11.2 Å². The van der Waals surface area contributed by atoms with Crippen LogP contribution in [0.2, 0.25) is 0 Å². The third-order valence-corrected chi connectivity index (χ3v) is 5.49. The highest BCUT2D eigenvalue weighted by Crippen LogP contribution is 2.39. The third-order valence-electron chi connectivity index (χ3n) is 4.32. The van der Waals surface area contributed by atoms with Crippen molar-refractivity contribution >= 4 is 33.8 Å². The zero-order valence-electron chi connectivity index (χ0n) is 13.7. The molecule has 132 valence electrons. The molecule has 0 unspecified atom stereocenters. The van der Waals surface area contributed by atoms with Gasteiger partial charge in [0.05, 0.1) is 10.5 Å². The lowest BCUT2D eigenvalue weighted by Gasteiger charge is -2.18. The first-order chi connectivity index (χ1) is 11.8. The van der Waals surface area contributed by atoms with Crippen molar-refractivity contribution < 1.29 is 14.5 Å². The minimum Gasteiger partial charge on any atom is -0.365 e. The van der Waals surface area contributed by atoms with E-state index in [0.29, 0.717) is 16.5 Å². The number of carbonyl (C=O) groups excluding carboxylic acids is 2. The van der Waals surface area contributed by atoms with E-state index in [4.69, 9.17) is 5.73 Å². The summed E-state index contributed by atoms with van der Waals surface area (Å²) in [5.41, 5.74) is 6.13. The van der Waals surface area contributed by atoms with Crippen molar-refractivity contribution in [3.63, 3.8) is 0 Å². The number of anilines is 1. The number of aromatic nitrogens is 2. The van der Waals surface area contributed by atoms with Crippen LogP contribution in [0.15, 0.2) is 6.20 Å². The average molecular weight is 363 g/mol. The van der Waals surface area contributed by atoms with Gasteiger partial charge in [0.25, 0.3) is 11.8 Å². The summed E-state index contributed by atoms with van der Waals surface area (Å²) in [4.78, 5) is 35.9. The quantitative estimate of drug-likeness (QED) is 0.632. The fourth-order valence-corrected chi connectivity index (χ4v) is 4.50. The summed E-state index contributed by atoms with van der Waals surface area (Å²) in [6.07, 6.45) is 3.52. The minimum absolute atomic E-state index is 0.180.